The number of unbranched alkanes of at least 4 members (excludes halogenated alkanes) is 4. The topological polar surface area (TPSA) is 0 Å². The monoisotopic (exact) mass is 480 g/mol. The minimum Gasteiger partial charge on any atom is -0.251 e. The predicted molar refractivity (Wildman–Crippen MR) is 144 cm³/mol. The van der Waals surface area contributed by atoms with Gasteiger partial charge in [0, 0.05) is 0 Å². The molecule has 0 aromatic carbocycles. The van der Waals surface area contributed by atoms with Crippen LogP contribution in [0.3, 0.4) is 0 Å². The molecule has 3 fully saturated rings. The first kappa shape index (κ1) is 28.4. The van der Waals surface area contributed by atoms with E-state index in [2.05, 4.69) is 0 Å². The van der Waals surface area contributed by atoms with Gasteiger partial charge in [-0.15, -0.1) is 0 Å². The molecule has 0 heterocycles. The van der Waals surface area contributed by atoms with Gasteiger partial charge in [0.1, 0.15) is 0 Å². The third-order valence-electron chi connectivity index (χ3n) is 10.5. The lowest BCUT2D eigenvalue weighted by Gasteiger charge is -2.40. The van der Waals surface area contributed by atoms with Crippen molar-refractivity contribution in [2.24, 2.45) is 29.1 Å². The molecule has 0 unspecified atom stereocenters. The lowest BCUT2D eigenvalue weighted by molar-refractivity contribution is 0.127. The third-order valence-corrected chi connectivity index (χ3v) is 10.5. The summed E-state index contributed by atoms with van der Waals surface area (Å²) in [4.78, 5) is 0. The van der Waals surface area contributed by atoms with Crippen LogP contribution in [0, 0.1) is 29.1 Å². The molecular weight excluding hydrogens is 422 g/mol. The first-order valence-corrected chi connectivity index (χ1v) is 15.8. The summed E-state index contributed by atoms with van der Waals surface area (Å²) in [6, 6.07) is 0. The molecule has 0 bridgehead atoms. The Morgan fingerprint density at radius 3 is 1.44 bits per heavy atom. The van der Waals surface area contributed by atoms with Gasteiger partial charge in [-0.1, -0.05) is 116 Å². The van der Waals surface area contributed by atoms with Crippen molar-refractivity contribution < 1.29 is 8.78 Å². The van der Waals surface area contributed by atoms with Crippen molar-refractivity contribution in [3.8, 4) is 0 Å². The van der Waals surface area contributed by atoms with Crippen molar-refractivity contribution in [3.63, 3.8) is 0 Å². The van der Waals surface area contributed by atoms with Gasteiger partial charge in [-0.05, 0) is 74.0 Å². The molecule has 0 aromatic heterocycles. The van der Waals surface area contributed by atoms with Gasteiger partial charge in [-0.25, -0.2) is 0 Å². The van der Waals surface area contributed by atoms with Crippen LogP contribution in [0.5, 0.6) is 0 Å². The van der Waals surface area contributed by atoms with E-state index in [0.717, 1.165) is 49.4 Å². The standard InChI is InChI=1S/C32H58F2/c33-26-8-1-4-10-28-11-13-29(14-12-28)15-16-30-17-19-31(20-18-30)21-25-32(22-5-2-6-23-32)24-7-3-9-27-34/h28-31H,1-27H2. The molecule has 0 aliphatic heterocycles. The van der Waals surface area contributed by atoms with E-state index in [0.29, 0.717) is 5.41 Å². The molecule has 3 aliphatic rings. The van der Waals surface area contributed by atoms with Crippen LogP contribution in [0.4, 0.5) is 8.78 Å². The largest absolute Gasteiger partial charge is 0.251 e. The summed E-state index contributed by atoms with van der Waals surface area (Å²) in [5.74, 6) is 3.96. The molecule has 3 rings (SSSR count). The number of alkyl halides is 2. The zero-order valence-corrected chi connectivity index (χ0v) is 22.7. The number of hydrogen-bond donors (Lipinski definition) is 0. The highest BCUT2D eigenvalue weighted by Gasteiger charge is 2.33. The Labute approximate surface area is 211 Å². The molecule has 0 spiro atoms. The summed E-state index contributed by atoms with van der Waals surface area (Å²) in [7, 11) is 0. The Morgan fingerprint density at radius 1 is 0.441 bits per heavy atom. The predicted octanol–water partition coefficient (Wildman–Crippen LogP) is 11.2. The van der Waals surface area contributed by atoms with Crippen molar-refractivity contribution in [1.29, 1.82) is 0 Å². The highest BCUT2D eigenvalue weighted by molar-refractivity contribution is 4.85. The molecule has 0 nitrogen and oxygen atoms in total. The summed E-state index contributed by atoms with van der Waals surface area (Å²) in [6.07, 6.45) is 34.0. The molecule has 0 radical (unpaired) electrons. The Hall–Kier alpha value is -0.140. The van der Waals surface area contributed by atoms with Crippen LogP contribution in [-0.4, -0.2) is 13.3 Å². The van der Waals surface area contributed by atoms with Crippen molar-refractivity contribution in [2.45, 2.75) is 161 Å². The molecule has 2 heteroatoms. The van der Waals surface area contributed by atoms with E-state index in [1.807, 2.05) is 0 Å². The lowest BCUT2D eigenvalue weighted by atomic mass is 9.66. The molecule has 3 aliphatic carbocycles. The fourth-order valence-corrected chi connectivity index (χ4v) is 8.00. The van der Waals surface area contributed by atoms with Gasteiger partial charge >= 0.3 is 0 Å². The first-order valence-electron chi connectivity index (χ1n) is 15.8. The smallest absolute Gasteiger partial charge is 0.0894 e. The Morgan fingerprint density at radius 2 is 0.912 bits per heavy atom. The molecular formula is C32H58F2. The number of rotatable bonds is 16. The van der Waals surface area contributed by atoms with Gasteiger partial charge in [0.15, 0.2) is 0 Å². The second kappa shape index (κ2) is 16.6. The fourth-order valence-electron chi connectivity index (χ4n) is 8.00. The highest BCUT2D eigenvalue weighted by atomic mass is 19.1. The third kappa shape index (κ3) is 10.5. The average molecular weight is 481 g/mol. The molecule has 3 saturated carbocycles. The Balaban J connectivity index is 1.26. The maximum absolute atomic E-state index is 12.5. The number of halogens is 2. The van der Waals surface area contributed by atoms with Crippen molar-refractivity contribution in [2.75, 3.05) is 13.3 Å². The minimum atomic E-state index is -0.127. The van der Waals surface area contributed by atoms with Crippen LogP contribution in [0.1, 0.15) is 161 Å². The van der Waals surface area contributed by atoms with Crippen LogP contribution in [0.25, 0.3) is 0 Å². The van der Waals surface area contributed by atoms with Gasteiger partial charge < -0.3 is 0 Å². The molecule has 34 heavy (non-hydrogen) atoms. The van der Waals surface area contributed by atoms with Gasteiger partial charge in [0.2, 0.25) is 0 Å². The molecule has 0 N–H and O–H groups in total. The van der Waals surface area contributed by atoms with E-state index in [9.17, 15) is 8.78 Å². The van der Waals surface area contributed by atoms with Crippen molar-refractivity contribution in [1.82, 2.24) is 0 Å². The fraction of sp³-hybridized carbons (Fsp3) is 1.00. The van der Waals surface area contributed by atoms with Crippen LogP contribution in [0.2, 0.25) is 0 Å². The Kier molecular flexibility index (Phi) is 13.9. The van der Waals surface area contributed by atoms with Crippen molar-refractivity contribution >= 4 is 0 Å². The quantitative estimate of drug-likeness (QED) is 0.193. The maximum Gasteiger partial charge on any atom is 0.0894 e. The Bertz CT molecular complexity index is 481. The van der Waals surface area contributed by atoms with Crippen LogP contribution >= 0.6 is 0 Å². The molecule has 0 atom stereocenters. The van der Waals surface area contributed by atoms with E-state index < -0.39 is 0 Å². The van der Waals surface area contributed by atoms with Crippen LogP contribution in [0.15, 0.2) is 0 Å². The summed E-state index contributed by atoms with van der Waals surface area (Å²) < 4.78 is 24.8. The molecule has 0 aromatic rings. The lowest BCUT2D eigenvalue weighted by Crippen LogP contribution is -2.26. The average Bonchev–Trinajstić information content (AvgIpc) is 2.89. The normalized spacial score (nSPS) is 29.8. The molecule has 0 amide bonds. The van der Waals surface area contributed by atoms with Gasteiger partial charge in [0.05, 0.1) is 13.3 Å². The van der Waals surface area contributed by atoms with Gasteiger partial charge in [-0.3, -0.25) is 8.78 Å². The minimum absolute atomic E-state index is 0.125. The van der Waals surface area contributed by atoms with E-state index in [4.69, 9.17) is 0 Å². The molecule has 0 saturated heterocycles. The van der Waals surface area contributed by atoms with Crippen molar-refractivity contribution in [3.05, 3.63) is 0 Å². The summed E-state index contributed by atoms with van der Waals surface area (Å²) in [6.45, 7) is -0.252. The van der Waals surface area contributed by atoms with E-state index in [1.165, 1.54) is 135 Å². The highest BCUT2D eigenvalue weighted by Crippen LogP contribution is 2.47. The van der Waals surface area contributed by atoms with Gasteiger partial charge in [-0.2, -0.15) is 0 Å². The zero-order chi connectivity index (χ0) is 23.9. The zero-order valence-electron chi connectivity index (χ0n) is 22.7. The maximum atomic E-state index is 12.5. The SMILES string of the molecule is FCCCCCC1CCC(CCC2CCC(CCC3(CCCCCF)CCCCC3)CC2)CC1. The van der Waals surface area contributed by atoms with Crippen LogP contribution < -0.4 is 0 Å². The second-order valence-electron chi connectivity index (χ2n) is 13.0. The summed E-state index contributed by atoms with van der Waals surface area (Å²) >= 11 is 0. The summed E-state index contributed by atoms with van der Waals surface area (Å²) in [5, 5.41) is 0. The van der Waals surface area contributed by atoms with Gasteiger partial charge in [0.25, 0.3) is 0 Å². The first-order chi connectivity index (χ1) is 16.7. The van der Waals surface area contributed by atoms with Crippen LogP contribution in [-0.2, 0) is 0 Å². The molecule has 200 valence electrons. The van der Waals surface area contributed by atoms with E-state index in [1.54, 1.807) is 0 Å². The number of hydrogen-bond acceptors (Lipinski definition) is 0. The second-order valence-corrected chi connectivity index (χ2v) is 13.0. The van der Waals surface area contributed by atoms with E-state index in [-0.39, 0.29) is 13.3 Å². The summed E-state index contributed by atoms with van der Waals surface area (Å²) in [5.41, 5.74) is 0.623. The van der Waals surface area contributed by atoms with E-state index >= 15 is 0 Å².